The summed E-state index contributed by atoms with van der Waals surface area (Å²) in [5.74, 6) is 0. The summed E-state index contributed by atoms with van der Waals surface area (Å²) in [5, 5.41) is 23.3. The minimum atomic E-state index is -0.785. The Morgan fingerprint density at radius 2 is 1.95 bits per heavy atom. The summed E-state index contributed by atoms with van der Waals surface area (Å²) in [6.45, 7) is 1.55. The molecule has 0 saturated heterocycles. The van der Waals surface area contributed by atoms with Crippen LogP contribution in [0.3, 0.4) is 0 Å². The lowest BCUT2D eigenvalue weighted by Gasteiger charge is -2.18. The number of aliphatic hydroxyl groups is 1. The fourth-order valence-electron chi connectivity index (χ4n) is 1.97. The number of hydrogen-bond donors (Lipinski definition) is 2. The van der Waals surface area contributed by atoms with Crippen molar-refractivity contribution in [1.29, 1.82) is 5.26 Å². The first-order valence-electron chi connectivity index (χ1n) is 5.99. The molecule has 0 fully saturated rings. The summed E-state index contributed by atoms with van der Waals surface area (Å²) in [6.07, 6.45) is -0.107. The molecule has 4 heteroatoms. The second-order valence-corrected chi connectivity index (χ2v) is 4.36. The van der Waals surface area contributed by atoms with Crippen LogP contribution in [0.25, 0.3) is 10.8 Å². The number of aldehydes is 1. The number of fused-ring (bicyclic) bond motifs is 1. The minimum Gasteiger partial charge on any atom is -0.391 e. The van der Waals surface area contributed by atoms with E-state index in [0.717, 1.165) is 16.5 Å². The molecule has 96 valence electrons. The summed E-state index contributed by atoms with van der Waals surface area (Å²) in [4.78, 5) is 10.9. The van der Waals surface area contributed by atoms with Crippen molar-refractivity contribution in [3.05, 3.63) is 42.0 Å². The lowest BCUT2D eigenvalue weighted by molar-refractivity contribution is -0.110. The predicted octanol–water partition coefficient (Wildman–Crippen LogP) is 2.07. The summed E-state index contributed by atoms with van der Waals surface area (Å²) in [6, 6.07) is 12.4. The van der Waals surface area contributed by atoms with Gasteiger partial charge in [0.15, 0.2) is 0 Å². The molecule has 0 unspecified atom stereocenters. The smallest absolute Gasteiger partial charge is 0.144 e. The maximum Gasteiger partial charge on any atom is 0.144 e. The van der Waals surface area contributed by atoms with Crippen molar-refractivity contribution < 1.29 is 9.90 Å². The number of hydrogen-bond acceptors (Lipinski definition) is 4. The van der Waals surface area contributed by atoms with Gasteiger partial charge in [-0.15, -0.1) is 0 Å². The molecule has 0 aliphatic carbocycles. The third-order valence-corrected chi connectivity index (χ3v) is 3.03. The molecule has 0 amide bonds. The Balaban J connectivity index is 2.51. The van der Waals surface area contributed by atoms with E-state index < -0.39 is 12.1 Å². The minimum absolute atomic E-state index is 0.584. The van der Waals surface area contributed by atoms with Crippen LogP contribution < -0.4 is 5.32 Å². The van der Waals surface area contributed by atoms with Crippen LogP contribution in [0.15, 0.2) is 36.4 Å². The molecule has 0 heterocycles. The highest BCUT2D eigenvalue weighted by atomic mass is 16.3. The normalized spacial score (nSPS) is 13.5. The number of nitrogens with one attached hydrogen (secondary N) is 1. The predicted molar refractivity (Wildman–Crippen MR) is 73.8 cm³/mol. The van der Waals surface area contributed by atoms with Crippen molar-refractivity contribution >= 4 is 22.7 Å². The molecule has 0 radical (unpaired) electrons. The molecule has 0 aliphatic heterocycles. The summed E-state index contributed by atoms with van der Waals surface area (Å²) < 4.78 is 0. The number of nitriles is 1. The van der Waals surface area contributed by atoms with E-state index in [1.165, 1.54) is 0 Å². The topological polar surface area (TPSA) is 73.1 Å². The number of nitrogens with zero attached hydrogens (tertiary/aromatic N) is 1. The zero-order chi connectivity index (χ0) is 13.8. The number of anilines is 1. The second kappa shape index (κ2) is 5.51. The highest BCUT2D eigenvalue weighted by Gasteiger charge is 2.15. The van der Waals surface area contributed by atoms with Gasteiger partial charge in [-0.3, -0.25) is 0 Å². The molecule has 2 atom stereocenters. The van der Waals surface area contributed by atoms with Gasteiger partial charge in [0.1, 0.15) is 12.3 Å². The zero-order valence-electron chi connectivity index (χ0n) is 10.5. The van der Waals surface area contributed by atoms with Crippen molar-refractivity contribution in [2.24, 2.45) is 0 Å². The first-order chi connectivity index (χ1) is 9.17. The van der Waals surface area contributed by atoms with E-state index in [-0.39, 0.29) is 0 Å². The molecule has 0 saturated carbocycles. The van der Waals surface area contributed by atoms with Crippen LogP contribution in [0.2, 0.25) is 0 Å². The van der Waals surface area contributed by atoms with Crippen molar-refractivity contribution in [1.82, 2.24) is 0 Å². The van der Waals surface area contributed by atoms with Crippen molar-refractivity contribution in [3.63, 3.8) is 0 Å². The van der Waals surface area contributed by atoms with E-state index in [0.29, 0.717) is 11.8 Å². The Kier molecular flexibility index (Phi) is 3.79. The molecule has 19 heavy (non-hydrogen) atoms. The molecule has 4 nitrogen and oxygen atoms in total. The molecule has 0 aliphatic rings. The van der Waals surface area contributed by atoms with Crippen LogP contribution >= 0.6 is 0 Å². The lowest BCUT2D eigenvalue weighted by Crippen LogP contribution is -2.32. The van der Waals surface area contributed by atoms with Gasteiger partial charge in [-0.1, -0.05) is 24.3 Å². The van der Waals surface area contributed by atoms with E-state index in [2.05, 4.69) is 11.4 Å². The van der Waals surface area contributed by atoms with Gasteiger partial charge >= 0.3 is 0 Å². The van der Waals surface area contributed by atoms with Crippen LogP contribution in [-0.2, 0) is 4.79 Å². The fourth-order valence-corrected chi connectivity index (χ4v) is 1.97. The second-order valence-electron chi connectivity index (χ2n) is 4.36. The highest BCUT2D eigenvalue weighted by molar-refractivity contribution is 5.98. The van der Waals surface area contributed by atoms with Crippen LogP contribution in [0.1, 0.15) is 12.5 Å². The van der Waals surface area contributed by atoms with Gasteiger partial charge in [-0.25, -0.2) is 0 Å². The first-order valence-corrected chi connectivity index (χ1v) is 5.99. The maximum absolute atomic E-state index is 10.9. The van der Waals surface area contributed by atoms with Gasteiger partial charge in [0.2, 0.25) is 0 Å². The highest BCUT2D eigenvalue weighted by Crippen LogP contribution is 2.26. The molecule has 2 aromatic carbocycles. The van der Waals surface area contributed by atoms with Gasteiger partial charge in [-0.2, -0.15) is 5.26 Å². The number of benzene rings is 2. The van der Waals surface area contributed by atoms with Crippen LogP contribution in [0, 0.1) is 11.3 Å². The molecule has 2 N–H and O–H groups in total. The van der Waals surface area contributed by atoms with Gasteiger partial charge in [-0.05, 0) is 19.1 Å². The summed E-state index contributed by atoms with van der Waals surface area (Å²) in [5.41, 5.74) is 1.31. The SMILES string of the molecule is C[C@@H](O)[C@H](C=O)Nc1ccc(C#N)c2ccccc12. The Bertz CT molecular complexity index is 644. The van der Waals surface area contributed by atoms with Crippen molar-refractivity contribution in [2.45, 2.75) is 19.1 Å². The van der Waals surface area contributed by atoms with Crippen LogP contribution in [0.5, 0.6) is 0 Å². The third kappa shape index (κ3) is 2.56. The molecular weight excluding hydrogens is 240 g/mol. The Labute approximate surface area is 111 Å². The number of rotatable bonds is 4. The summed E-state index contributed by atoms with van der Waals surface area (Å²) >= 11 is 0. The average molecular weight is 254 g/mol. The van der Waals surface area contributed by atoms with Crippen LogP contribution in [0.4, 0.5) is 5.69 Å². The Hall–Kier alpha value is -2.38. The lowest BCUT2D eigenvalue weighted by atomic mass is 10.0. The van der Waals surface area contributed by atoms with Gasteiger partial charge in [0, 0.05) is 16.5 Å². The largest absolute Gasteiger partial charge is 0.391 e. The third-order valence-electron chi connectivity index (χ3n) is 3.03. The molecular formula is C15H14N2O2. The molecule has 0 spiro atoms. The maximum atomic E-state index is 10.9. The molecule has 2 aromatic rings. The van der Waals surface area contributed by atoms with Gasteiger partial charge in [0.05, 0.1) is 17.7 Å². The molecule has 0 bridgehead atoms. The number of carbonyl (C=O) groups is 1. The Morgan fingerprint density at radius 1 is 1.26 bits per heavy atom. The fraction of sp³-hybridized carbons (Fsp3) is 0.200. The first kappa shape index (κ1) is 13.1. The Morgan fingerprint density at radius 3 is 2.53 bits per heavy atom. The van der Waals surface area contributed by atoms with Gasteiger partial charge < -0.3 is 15.2 Å². The van der Waals surface area contributed by atoms with E-state index in [9.17, 15) is 9.90 Å². The van der Waals surface area contributed by atoms with Crippen molar-refractivity contribution in [2.75, 3.05) is 5.32 Å². The molecule has 2 rings (SSSR count). The van der Waals surface area contributed by atoms with Gasteiger partial charge in [0.25, 0.3) is 0 Å². The van der Waals surface area contributed by atoms with E-state index in [1.54, 1.807) is 19.1 Å². The summed E-state index contributed by atoms with van der Waals surface area (Å²) in [7, 11) is 0. The number of carbonyl (C=O) groups excluding carboxylic acids is 1. The molecule has 0 aromatic heterocycles. The zero-order valence-corrected chi connectivity index (χ0v) is 10.5. The quantitative estimate of drug-likeness (QED) is 0.819. The monoisotopic (exact) mass is 254 g/mol. The van der Waals surface area contributed by atoms with E-state index in [1.807, 2.05) is 24.3 Å². The van der Waals surface area contributed by atoms with E-state index in [4.69, 9.17) is 5.26 Å². The average Bonchev–Trinajstić information content (AvgIpc) is 2.44. The van der Waals surface area contributed by atoms with Crippen molar-refractivity contribution in [3.8, 4) is 6.07 Å². The van der Waals surface area contributed by atoms with Crippen LogP contribution in [-0.4, -0.2) is 23.5 Å². The van der Waals surface area contributed by atoms with E-state index >= 15 is 0 Å². The number of aliphatic hydroxyl groups excluding tert-OH is 1. The standard InChI is InChI=1S/C15H14N2O2/c1-10(19)15(9-18)17-14-7-6-11(8-16)12-4-2-3-5-13(12)14/h2-7,9-10,15,17,19H,1H3/t10-,15+/m1/s1.